The fraction of sp³-hybridized carbons (Fsp3) is 0.318. The lowest BCUT2D eigenvalue weighted by molar-refractivity contribution is -0.117. The number of carbonyl (C=O) groups excluding carboxylic acids is 1. The van der Waals surface area contributed by atoms with Gasteiger partial charge in [0.05, 0.1) is 16.2 Å². The fourth-order valence-corrected chi connectivity index (χ4v) is 4.28. The van der Waals surface area contributed by atoms with Gasteiger partial charge in [-0.1, -0.05) is 41.6 Å². The number of hydrogen-bond donors (Lipinski definition) is 0. The van der Waals surface area contributed by atoms with Crippen molar-refractivity contribution < 1.29 is 9.53 Å². The maximum Gasteiger partial charge on any atom is 0.262 e. The van der Waals surface area contributed by atoms with Crippen LogP contribution in [0.3, 0.4) is 0 Å². The molecule has 1 aromatic heterocycles. The van der Waals surface area contributed by atoms with Crippen LogP contribution in [-0.2, 0) is 16.1 Å². The number of benzene rings is 2. The number of thioether (sulfide) groups is 1. The van der Waals surface area contributed by atoms with Crippen LogP contribution in [-0.4, -0.2) is 41.5 Å². The van der Waals surface area contributed by atoms with Crippen LogP contribution >= 0.6 is 23.4 Å². The molecular formula is C22H24ClN3O3S. The maximum atomic E-state index is 13.1. The highest BCUT2D eigenvalue weighted by atomic mass is 35.5. The minimum Gasteiger partial charge on any atom is -0.385 e. The molecule has 8 heteroatoms. The molecule has 0 N–H and O–H groups in total. The van der Waals surface area contributed by atoms with E-state index in [2.05, 4.69) is 4.98 Å². The van der Waals surface area contributed by atoms with E-state index in [9.17, 15) is 9.59 Å². The number of aromatic nitrogens is 2. The molecule has 1 atom stereocenters. The second kappa shape index (κ2) is 10.1. The Balaban J connectivity index is 1.93. The smallest absolute Gasteiger partial charge is 0.262 e. The maximum absolute atomic E-state index is 13.1. The van der Waals surface area contributed by atoms with Gasteiger partial charge in [0.25, 0.3) is 5.56 Å². The summed E-state index contributed by atoms with van der Waals surface area (Å²) in [5.41, 5.74) is 1.19. The summed E-state index contributed by atoms with van der Waals surface area (Å²) in [4.78, 5) is 32.3. The average molecular weight is 446 g/mol. The zero-order valence-electron chi connectivity index (χ0n) is 17.2. The number of nitrogens with zero attached hydrogens (tertiary/aromatic N) is 3. The first kappa shape index (κ1) is 22.3. The van der Waals surface area contributed by atoms with E-state index in [0.717, 1.165) is 5.69 Å². The Hall–Kier alpha value is -2.35. The molecule has 0 radical (unpaired) electrons. The number of hydrogen-bond acceptors (Lipinski definition) is 5. The van der Waals surface area contributed by atoms with Crippen LogP contribution in [0.4, 0.5) is 5.69 Å². The van der Waals surface area contributed by atoms with E-state index in [1.54, 1.807) is 41.8 Å². The van der Waals surface area contributed by atoms with Crippen LogP contribution in [0.1, 0.15) is 13.3 Å². The van der Waals surface area contributed by atoms with Gasteiger partial charge in [-0.25, -0.2) is 4.98 Å². The third-order valence-electron chi connectivity index (χ3n) is 4.72. The van der Waals surface area contributed by atoms with Gasteiger partial charge < -0.3 is 9.64 Å². The van der Waals surface area contributed by atoms with Crippen LogP contribution < -0.4 is 10.5 Å². The molecule has 1 heterocycles. The lowest BCUT2D eigenvalue weighted by Crippen LogP contribution is -2.34. The van der Waals surface area contributed by atoms with Crippen molar-refractivity contribution in [1.82, 2.24) is 9.55 Å². The monoisotopic (exact) mass is 445 g/mol. The van der Waals surface area contributed by atoms with E-state index in [0.29, 0.717) is 40.7 Å². The average Bonchev–Trinajstić information content (AvgIpc) is 2.75. The lowest BCUT2D eigenvalue weighted by atomic mass is 10.2. The first-order chi connectivity index (χ1) is 14.4. The molecule has 158 valence electrons. The molecule has 0 fully saturated rings. The Morgan fingerprint density at radius 1 is 1.27 bits per heavy atom. The quantitative estimate of drug-likeness (QED) is 0.295. The van der Waals surface area contributed by atoms with Gasteiger partial charge in [-0.15, -0.1) is 0 Å². The van der Waals surface area contributed by atoms with Gasteiger partial charge in [0.1, 0.15) is 0 Å². The van der Waals surface area contributed by atoms with Gasteiger partial charge in [-0.3, -0.25) is 14.2 Å². The summed E-state index contributed by atoms with van der Waals surface area (Å²) in [7, 11) is 3.37. The van der Waals surface area contributed by atoms with Gasteiger partial charge in [-0.2, -0.15) is 0 Å². The first-order valence-corrected chi connectivity index (χ1v) is 10.9. The van der Waals surface area contributed by atoms with E-state index >= 15 is 0 Å². The minimum absolute atomic E-state index is 0.0740. The van der Waals surface area contributed by atoms with Crippen LogP contribution in [0.25, 0.3) is 10.9 Å². The van der Waals surface area contributed by atoms with E-state index in [-0.39, 0.29) is 11.5 Å². The van der Waals surface area contributed by atoms with Crippen LogP contribution in [0, 0.1) is 0 Å². The second-order valence-electron chi connectivity index (χ2n) is 6.85. The number of halogens is 1. The number of amides is 1. The van der Waals surface area contributed by atoms with Gasteiger partial charge in [-0.05, 0) is 43.7 Å². The molecule has 3 aromatic rings. The van der Waals surface area contributed by atoms with Gasteiger partial charge in [0, 0.05) is 38.0 Å². The zero-order chi connectivity index (χ0) is 21.7. The van der Waals surface area contributed by atoms with E-state index in [4.69, 9.17) is 16.3 Å². The number of ether oxygens (including phenoxy) is 1. The second-order valence-corrected chi connectivity index (χ2v) is 8.60. The normalized spacial score (nSPS) is 12.1. The van der Waals surface area contributed by atoms with Crippen molar-refractivity contribution in [3.63, 3.8) is 0 Å². The van der Waals surface area contributed by atoms with E-state index in [1.165, 1.54) is 11.8 Å². The SMILES string of the molecule is COCCCn1c(SC(C)C(=O)N(C)c2ccccc2)nc2cc(Cl)ccc2c1=O. The number of para-hydroxylation sites is 1. The molecule has 1 amide bonds. The molecule has 0 aliphatic heterocycles. The van der Waals surface area contributed by atoms with E-state index < -0.39 is 5.25 Å². The molecule has 2 aromatic carbocycles. The number of fused-ring (bicyclic) bond motifs is 1. The predicted molar refractivity (Wildman–Crippen MR) is 123 cm³/mol. The number of methoxy groups -OCH3 is 1. The fourth-order valence-electron chi connectivity index (χ4n) is 3.09. The molecule has 0 bridgehead atoms. The topological polar surface area (TPSA) is 64.4 Å². The van der Waals surface area contributed by atoms with Crippen molar-refractivity contribution in [1.29, 1.82) is 0 Å². The van der Waals surface area contributed by atoms with Crippen LogP contribution in [0.15, 0.2) is 58.5 Å². The molecule has 0 aliphatic carbocycles. The Kier molecular flexibility index (Phi) is 7.53. The molecule has 0 aliphatic rings. The predicted octanol–water partition coefficient (Wildman–Crippen LogP) is 4.23. The summed E-state index contributed by atoms with van der Waals surface area (Å²) in [6.45, 7) is 2.80. The van der Waals surface area contributed by atoms with Gasteiger partial charge >= 0.3 is 0 Å². The molecule has 1 unspecified atom stereocenters. The first-order valence-electron chi connectivity index (χ1n) is 9.60. The third-order valence-corrected chi connectivity index (χ3v) is 6.03. The highest BCUT2D eigenvalue weighted by Crippen LogP contribution is 2.26. The summed E-state index contributed by atoms with van der Waals surface area (Å²) in [6, 6.07) is 14.5. The summed E-state index contributed by atoms with van der Waals surface area (Å²) < 4.78 is 6.74. The molecule has 6 nitrogen and oxygen atoms in total. The summed E-state index contributed by atoms with van der Waals surface area (Å²) in [5.74, 6) is -0.0740. The van der Waals surface area contributed by atoms with Crippen molar-refractivity contribution in [2.45, 2.75) is 30.3 Å². The lowest BCUT2D eigenvalue weighted by Gasteiger charge is -2.22. The van der Waals surface area contributed by atoms with Crippen LogP contribution in [0.2, 0.25) is 5.02 Å². The minimum atomic E-state index is -0.438. The van der Waals surface area contributed by atoms with Crippen molar-refractivity contribution in [3.05, 3.63) is 63.9 Å². The molecule has 0 spiro atoms. The Morgan fingerprint density at radius 3 is 2.70 bits per heavy atom. The standard InChI is InChI=1S/C22H24ClN3O3S/c1-15(20(27)25(2)17-8-5-4-6-9-17)30-22-24-19-14-16(23)10-11-18(19)21(28)26(22)12-7-13-29-3/h4-6,8-11,14-15H,7,12-13H2,1-3H3. The largest absolute Gasteiger partial charge is 0.385 e. The number of carbonyl (C=O) groups is 1. The summed E-state index contributed by atoms with van der Waals surface area (Å²) in [5, 5.41) is 1.07. The van der Waals surface area contributed by atoms with E-state index in [1.807, 2.05) is 37.3 Å². The molecule has 0 saturated carbocycles. The molecule has 3 rings (SSSR count). The highest BCUT2D eigenvalue weighted by Gasteiger charge is 2.23. The Labute approximate surface area is 184 Å². The summed E-state index contributed by atoms with van der Waals surface area (Å²) >= 11 is 7.37. The molecule has 30 heavy (non-hydrogen) atoms. The Morgan fingerprint density at radius 2 is 2.00 bits per heavy atom. The van der Waals surface area contributed by atoms with Crippen molar-refractivity contribution in [3.8, 4) is 0 Å². The molecular weight excluding hydrogens is 422 g/mol. The van der Waals surface area contributed by atoms with Crippen molar-refractivity contribution in [2.24, 2.45) is 0 Å². The number of anilines is 1. The molecule has 0 saturated heterocycles. The van der Waals surface area contributed by atoms with Gasteiger partial charge in [0.2, 0.25) is 5.91 Å². The van der Waals surface area contributed by atoms with Crippen LogP contribution in [0.5, 0.6) is 0 Å². The number of rotatable bonds is 8. The van der Waals surface area contributed by atoms with Crippen molar-refractivity contribution >= 4 is 45.9 Å². The Bertz CT molecular complexity index is 1090. The van der Waals surface area contributed by atoms with Crippen molar-refractivity contribution in [2.75, 3.05) is 25.7 Å². The summed E-state index contributed by atoms with van der Waals surface area (Å²) in [6.07, 6.45) is 0.664. The zero-order valence-corrected chi connectivity index (χ0v) is 18.7. The van der Waals surface area contributed by atoms with Gasteiger partial charge in [0.15, 0.2) is 5.16 Å². The third kappa shape index (κ3) is 5.03. The highest BCUT2D eigenvalue weighted by molar-refractivity contribution is 8.00.